The molecule has 0 radical (unpaired) electrons. The number of hydrogen-bond acceptors (Lipinski definition) is 4. The summed E-state index contributed by atoms with van der Waals surface area (Å²) >= 11 is 0. The van der Waals surface area contributed by atoms with Crippen molar-refractivity contribution in [2.75, 3.05) is 0 Å². The average molecular weight is 261 g/mol. The van der Waals surface area contributed by atoms with Crippen LogP contribution in [0.2, 0.25) is 0 Å². The Balaban J connectivity index is 2.37. The topological polar surface area (TPSA) is 105 Å². The fourth-order valence-corrected chi connectivity index (χ4v) is 2.23. The third-order valence-electron chi connectivity index (χ3n) is 3.17. The van der Waals surface area contributed by atoms with Gasteiger partial charge >= 0.3 is 11.8 Å². The van der Waals surface area contributed by atoms with Gasteiger partial charge in [-0.3, -0.25) is 9.59 Å². The lowest BCUT2D eigenvalue weighted by atomic mass is 9.86. The number of fused-ring (bicyclic) bond motifs is 1. The molecule has 1 aliphatic carbocycles. The van der Waals surface area contributed by atoms with Gasteiger partial charge in [0.05, 0.1) is 5.71 Å². The van der Waals surface area contributed by atoms with Crippen molar-refractivity contribution in [3.8, 4) is 5.75 Å². The Morgan fingerprint density at radius 3 is 2.79 bits per heavy atom. The zero-order valence-electron chi connectivity index (χ0n) is 10.6. The van der Waals surface area contributed by atoms with E-state index in [0.717, 1.165) is 24.0 Å². The number of carbonyl (C=O) groups excluding carboxylic acids is 2. The molecule has 2 rings (SSSR count). The van der Waals surface area contributed by atoms with Crippen LogP contribution in [-0.4, -0.2) is 22.6 Å². The Morgan fingerprint density at radius 1 is 1.37 bits per heavy atom. The number of rotatable bonds is 1. The SMILES string of the molecule is Cc1ccc(O)c2c1CCC/C2=N\NC(=O)C(N)=O. The molecular formula is C13H15N3O3. The first kappa shape index (κ1) is 13.1. The quantitative estimate of drug-likeness (QED) is 0.501. The van der Waals surface area contributed by atoms with Crippen LogP contribution in [0.4, 0.5) is 0 Å². The lowest BCUT2D eigenvalue weighted by molar-refractivity contribution is -0.137. The maximum atomic E-state index is 11.1. The summed E-state index contributed by atoms with van der Waals surface area (Å²) in [5.41, 5.74) is 10.2. The van der Waals surface area contributed by atoms with Gasteiger partial charge in [-0.15, -0.1) is 0 Å². The van der Waals surface area contributed by atoms with Crippen molar-refractivity contribution in [2.24, 2.45) is 10.8 Å². The van der Waals surface area contributed by atoms with Gasteiger partial charge in [-0.25, -0.2) is 5.43 Å². The highest BCUT2D eigenvalue weighted by Gasteiger charge is 2.21. The second kappa shape index (κ2) is 5.09. The molecule has 4 N–H and O–H groups in total. The standard InChI is InChI=1S/C13H15N3O3/c1-7-5-6-10(17)11-8(7)3-2-4-9(11)15-16-13(19)12(14)18/h5-6,17H,2-4H2,1H3,(H2,14,18)(H,16,19)/b15-9+. The van der Waals surface area contributed by atoms with Gasteiger partial charge in [0.2, 0.25) is 0 Å². The van der Waals surface area contributed by atoms with Crippen LogP contribution < -0.4 is 11.2 Å². The molecule has 0 unspecified atom stereocenters. The highest BCUT2D eigenvalue weighted by atomic mass is 16.3. The van der Waals surface area contributed by atoms with Crippen LogP contribution in [0.15, 0.2) is 17.2 Å². The number of amides is 2. The number of primary amides is 1. The summed E-state index contributed by atoms with van der Waals surface area (Å²) in [5, 5.41) is 13.8. The molecule has 1 aromatic rings. The highest BCUT2D eigenvalue weighted by Crippen LogP contribution is 2.31. The van der Waals surface area contributed by atoms with E-state index in [1.807, 2.05) is 13.0 Å². The number of phenols is 1. The van der Waals surface area contributed by atoms with E-state index in [1.165, 1.54) is 0 Å². The maximum absolute atomic E-state index is 11.1. The van der Waals surface area contributed by atoms with Crippen molar-refractivity contribution in [3.05, 3.63) is 28.8 Å². The second-order valence-electron chi connectivity index (χ2n) is 4.47. The van der Waals surface area contributed by atoms with E-state index in [-0.39, 0.29) is 5.75 Å². The Hall–Kier alpha value is -2.37. The van der Waals surface area contributed by atoms with E-state index in [9.17, 15) is 14.7 Å². The third kappa shape index (κ3) is 2.57. The zero-order chi connectivity index (χ0) is 14.0. The van der Waals surface area contributed by atoms with Crippen LogP contribution in [0.3, 0.4) is 0 Å². The minimum Gasteiger partial charge on any atom is -0.507 e. The average Bonchev–Trinajstić information content (AvgIpc) is 2.40. The van der Waals surface area contributed by atoms with Gasteiger partial charge in [0.25, 0.3) is 0 Å². The molecule has 2 amide bonds. The molecule has 0 saturated heterocycles. The number of hydrazone groups is 1. The van der Waals surface area contributed by atoms with Crippen LogP contribution in [0, 0.1) is 6.92 Å². The third-order valence-corrected chi connectivity index (χ3v) is 3.17. The zero-order valence-corrected chi connectivity index (χ0v) is 10.6. The van der Waals surface area contributed by atoms with Gasteiger partial charge in [-0.2, -0.15) is 5.10 Å². The van der Waals surface area contributed by atoms with Gasteiger partial charge in [0.15, 0.2) is 0 Å². The van der Waals surface area contributed by atoms with Gasteiger partial charge in [-0.05, 0) is 43.4 Å². The Labute approximate surface area is 110 Å². The van der Waals surface area contributed by atoms with Crippen LogP contribution in [0.5, 0.6) is 5.75 Å². The number of phenolic OH excluding ortho intramolecular Hbond substituents is 1. The summed E-state index contributed by atoms with van der Waals surface area (Å²) in [5.74, 6) is -1.92. The van der Waals surface area contributed by atoms with Crippen molar-refractivity contribution in [1.29, 1.82) is 0 Å². The smallest absolute Gasteiger partial charge is 0.329 e. The Morgan fingerprint density at radius 2 is 2.11 bits per heavy atom. The summed E-state index contributed by atoms with van der Waals surface area (Å²) < 4.78 is 0. The number of hydrogen-bond donors (Lipinski definition) is 3. The van der Waals surface area contributed by atoms with E-state index < -0.39 is 11.8 Å². The van der Waals surface area contributed by atoms with Crippen molar-refractivity contribution in [1.82, 2.24) is 5.43 Å². The lowest BCUT2D eigenvalue weighted by Gasteiger charge is -2.20. The summed E-state index contributed by atoms with van der Waals surface area (Å²) in [6.07, 6.45) is 2.37. The first-order valence-corrected chi connectivity index (χ1v) is 5.99. The molecule has 0 atom stereocenters. The minimum absolute atomic E-state index is 0.132. The molecule has 1 aliphatic rings. The molecule has 6 nitrogen and oxygen atoms in total. The number of nitrogens with zero attached hydrogens (tertiary/aromatic N) is 1. The van der Waals surface area contributed by atoms with Crippen LogP contribution >= 0.6 is 0 Å². The predicted molar refractivity (Wildman–Crippen MR) is 69.7 cm³/mol. The normalized spacial score (nSPS) is 15.9. The van der Waals surface area contributed by atoms with E-state index >= 15 is 0 Å². The molecule has 6 heteroatoms. The number of carbonyl (C=O) groups is 2. The fraction of sp³-hybridized carbons (Fsp3) is 0.308. The fourth-order valence-electron chi connectivity index (χ4n) is 2.23. The molecule has 19 heavy (non-hydrogen) atoms. The molecule has 0 aromatic heterocycles. The Bertz CT molecular complexity index is 579. The highest BCUT2D eigenvalue weighted by molar-refractivity contribution is 6.34. The van der Waals surface area contributed by atoms with Crippen LogP contribution in [-0.2, 0) is 16.0 Å². The molecule has 1 aromatic carbocycles. The van der Waals surface area contributed by atoms with Crippen molar-refractivity contribution in [3.63, 3.8) is 0 Å². The number of nitrogens with two attached hydrogens (primary N) is 1. The second-order valence-corrected chi connectivity index (χ2v) is 4.47. The van der Waals surface area contributed by atoms with Gasteiger partial charge in [0.1, 0.15) is 5.75 Å². The molecule has 0 heterocycles. The molecular weight excluding hydrogens is 246 g/mol. The molecule has 0 bridgehead atoms. The van der Waals surface area contributed by atoms with Gasteiger partial charge in [-0.1, -0.05) is 6.07 Å². The predicted octanol–water partition coefficient (Wildman–Crippen LogP) is 0.343. The number of aryl methyl sites for hydroxylation is 1. The van der Waals surface area contributed by atoms with Crippen molar-refractivity contribution in [2.45, 2.75) is 26.2 Å². The molecule has 0 spiro atoms. The summed E-state index contributed by atoms with van der Waals surface area (Å²) in [7, 11) is 0. The van der Waals surface area contributed by atoms with E-state index in [4.69, 9.17) is 5.73 Å². The molecule has 100 valence electrons. The number of aromatic hydroxyl groups is 1. The number of nitrogens with one attached hydrogen (secondary N) is 1. The molecule has 0 aliphatic heterocycles. The van der Waals surface area contributed by atoms with Gasteiger partial charge in [0, 0.05) is 5.56 Å². The number of benzene rings is 1. The first-order valence-electron chi connectivity index (χ1n) is 5.99. The monoisotopic (exact) mass is 261 g/mol. The summed E-state index contributed by atoms with van der Waals surface area (Å²) in [6, 6.07) is 3.45. The van der Waals surface area contributed by atoms with Crippen LogP contribution in [0.1, 0.15) is 29.5 Å². The first-order chi connectivity index (χ1) is 9.00. The van der Waals surface area contributed by atoms with E-state index in [2.05, 4.69) is 10.5 Å². The van der Waals surface area contributed by atoms with Crippen molar-refractivity contribution < 1.29 is 14.7 Å². The molecule has 0 saturated carbocycles. The lowest BCUT2D eigenvalue weighted by Crippen LogP contribution is -2.34. The Kier molecular flexibility index (Phi) is 3.50. The summed E-state index contributed by atoms with van der Waals surface area (Å²) in [6.45, 7) is 1.96. The van der Waals surface area contributed by atoms with Crippen molar-refractivity contribution >= 4 is 17.5 Å². The molecule has 0 fully saturated rings. The summed E-state index contributed by atoms with van der Waals surface area (Å²) in [4.78, 5) is 21.7. The maximum Gasteiger partial charge on any atom is 0.329 e. The van der Waals surface area contributed by atoms with E-state index in [0.29, 0.717) is 17.7 Å². The largest absolute Gasteiger partial charge is 0.507 e. The van der Waals surface area contributed by atoms with Gasteiger partial charge < -0.3 is 10.8 Å². The van der Waals surface area contributed by atoms with E-state index in [1.54, 1.807) is 6.07 Å². The van der Waals surface area contributed by atoms with Crippen LogP contribution in [0.25, 0.3) is 0 Å². The minimum atomic E-state index is -1.09.